The topological polar surface area (TPSA) is 58.6 Å². The van der Waals surface area contributed by atoms with Gasteiger partial charge in [0, 0.05) is 17.8 Å². The van der Waals surface area contributed by atoms with Crippen molar-refractivity contribution in [1.82, 2.24) is 5.32 Å². The van der Waals surface area contributed by atoms with E-state index in [1.54, 1.807) is 12.0 Å². The minimum atomic E-state index is -0.465. The van der Waals surface area contributed by atoms with E-state index >= 15 is 0 Å². The molecule has 2 aromatic carbocycles. The molecule has 1 saturated heterocycles. The zero-order valence-electron chi connectivity index (χ0n) is 13.6. The van der Waals surface area contributed by atoms with Crippen molar-refractivity contribution in [3.05, 3.63) is 60.2 Å². The van der Waals surface area contributed by atoms with Crippen LogP contribution in [-0.2, 0) is 16.0 Å². The Morgan fingerprint density at radius 1 is 1.17 bits per heavy atom. The summed E-state index contributed by atoms with van der Waals surface area (Å²) >= 11 is 0. The lowest BCUT2D eigenvalue weighted by Gasteiger charge is -2.17. The first kappa shape index (κ1) is 16.1. The van der Waals surface area contributed by atoms with Gasteiger partial charge in [0.25, 0.3) is 0 Å². The largest absolute Gasteiger partial charge is 0.496 e. The van der Waals surface area contributed by atoms with Gasteiger partial charge in [-0.3, -0.25) is 9.59 Å². The monoisotopic (exact) mass is 324 g/mol. The predicted octanol–water partition coefficient (Wildman–Crippen LogP) is 2.16. The Balaban J connectivity index is 1.62. The zero-order chi connectivity index (χ0) is 16.9. The zero-order valence-corrected chi connectivity index (χ0v) is 13.6. The molecular weight excluding hydrogens is 304 g/mol. The molecule has 0 aromatic heterocycles. The maximum atomic E-state index is 12.5. The summed E-state index contributed by atoms with van der Waals surface area (Å²) in [5.74, 6) is 0.443. The van der Waals surface area contributed by atoms with Crippen LogP contribution in [0.3, 0.4) is 0 Å². The number of nitrogens with one attached hydrogen (secondary N) is 1. The van der Waals surface area contributed by atoms with Crippen LogP contribution in [0.2, 0.25) is 0 Å². The van der Waals surface area contributed by atoms with Gasteiger partial charge in [-0.05, 0) is 24.6 Å². The highest BCUT2D eigenvalue weighted by Gasteiger charge is 2.33. The number of methoxy groups -OCH3 is 1. The van der Waals surface area contributed by atoms with Crippen LogP contribution in [0.5, 0.6) is 5.75 Å². The Kier molecular flexibility index (Phi) is 4.79. The first-order valence-corrected chi connectivity index (χ1v) is 7.96. The summed E-state index contributed by atoms with van der Waals surface area (Å²) in [6.45, 7) is 0.614. The molecular formula is C19H20N2O3. The highest BCUT2D eigenvalue weighted by atomic mass is 16.5. The van der Waals surface area contributed by atoms with E-state index < -0.39 is 6.04 Å². The molecule has 2 aromatic rings. The third-order valence-electron chi connectivity index (χ3n) is 4.15. The molecule has 1 fully saturated rings. The van der Waals surface area contributed by atoms with Gasteiger partial charge in [0.2, 0.25) is 11.8 Å². The summed E-state index contributed by atoms with van der Waals surface area (Å²) in [7, 11) is 1.58. The maximum Gasteiger partial charge on any atom is 0.249 e. The molecule has 0 saturated carbocycles. The van der Waals surface area contributed by atoms with Crippen molar-refractivity contribution in [2.45, 2.75) is 18.9 Å². The van der Waals surface area contributed by atoms with Crippen LogP contribution >= 0.6 is 0 Å². The second-order valence-corrected chi connectivity index (χ2v) is 5.72. The number of nitrogens with zero attached hydrogens (tertiary/aromatic N) is 1. The van der Waals surface area contributed by atoms with Crippen molar-refractivity contribution in [1.29, 1.82) is 0 Å². The number of ether oxygens (including phenoxy) is 1. The molecule has 1 atom stereocenters. The molecule has 5 nitrogen and oxygen atoms in total. The number of anilines is 1. The minimum absolute atomic E-state index is 0.0606. The smallest absolute Gasteiger partial charge is 0.249 e. The van der Waals surface area contributed by atoms with Crippen molar-refractivity contribution in [3.8, 4) is 5.75 Å². The number of para-hydroxylation sites is 2. The van der Waals surface area contributed by atoms with E-state index in [4.69, 9.17) is 4.74 Å². The highest BCUT2D eigenvalue weighted by Crippen LogP contribution is 2.22. The van der Waals surface area contributed by atoms with Gasteiger partial charge in [-0.25, -0.2) is 0 Å². The molecule has 0 aliphatic carbocycles. The van der Waals surface area contributed by atoms with Crippen LogP contribution in [-0.4, -0.2) is 31.5 Å². The summed E-state index contributed by atoms with van der Waals surface area (Å²) < 4.78 is 5.26. The predicted molar refractivity (Wildman–Crippen MR) is 92.0 cm³/mol. The molecule has 3 rings (SSSR count). The number of amides is 2. The Hall–Kier alpha value is -2.82. The third-order valence-corrected chi connectivity index (χ3v) is 4.15. The molecule has 1 N–H and O–H groups in total. The van der Waals surface area contributed by atoms with E-state index in [1.807, 2.05) is 54.6 Å². The number of rotatable bonds is 5. The van der Waals surface area contributed by atoms with E-state index in [1.165, 1.54) is 0 Å². The highest BCUT2D eigenvalue weighted by molar-refractivity contribution is 6.01. The fourth-order valence-electron chi connectivity index (χ4n) is 2.95. The SMILES string of the molecule is COc1ccccc1CC(=O)N[C@H]1CCN(c2ccccc2)C1=O. The summed E-state index contributed by atoms with van der Waals surface area (Å²) in [5.41, 5.74) is 1.67. The molecule has 0 bridgehead atoms. The van der Waals surface area contributed by atoms with Crippen molar-refractivity contribution in [2.75, 3.05) is 18.6 Å². The van der Waals surface area contributed by atoms with Crippen molar-refractivity contribution in [3.63, 3.8) is 0 Å². The van der Waals surface area contributed by atoms with Crippen LogP contribution in [0.4, 0.5) is 5.69 Å². The molecule has 1 aliphatic rings. The first-order valence-electron chi connectivity index (χ1n) is 7.96. The van der Waals surface area contributed by atoms with Gasteiger partial charge in [-0.15, -0.1) is 0 Å². The quantitative estimate of drug-likeness (QED) is 0.917. The molecule has 0 radical (unpaired) electrons. The lowest BCUT2D eigenvalue weighted by molar-refractivity contribution is -0.126. The molecule has 0 spiro atoms. The number of benzene rings is 2. The summed E-state index contributed by atoms with van der Waals surface area (Å²) in [4.78, 5) is 26.5. The van der Waals surface area contributed by atoms with Crippen LogP contribution in [0, 0.1) is 0 Å². The average Bonchev–Trinajstić information content (AvgIpc) is 2.97. The van der Waals surface area contributed by atoms with E-state index in [2.05, 4.69) is 5.32 Å². The molecule has 24 heavy (non-hydrogen) atoms. The molecule has 2 amide bonds. The van der Waals surface area contributed by atoms with Gasteiger partial charge in [-0.1, -0.05) is 36.4 Å². The molecule has 5 heteroatoms. The van der Waals surface area contributed by atoms with Gasteiger partial charge in [0.15, 0.2) is 0 Å². The average molecular weight is 324 g/mol. The Morgan fingerprint density at radius 3 is 2.62 bits per heavy atom. The van der Waals surface area contributed by atoms with Gasteiger partial charge in [-0.2, -0.15) is 0 Å². The molecule has 124 valence electrons. The second kappa shape index (κ2) is 7.17. The Bertz CT molecular complexity index is 730. The minimum Gasteiger partial charge on any atom is -0.496 e. The fraction of sp³-hybridized carbons (Fsp3) is 0.263. The Labute approximate surface area is 141 Å². The van der Waals surface area contributed by atoms with Gasteiger partial charge >= 0.3 is 0 Å². The summed E-state index contributed by atoms with van der Waals surface area (Å²) in [6.07, 6.45) is 0.810. The molecule has 0 unspecified atom stereocenters. The Morgan fingerprint density at radius 2 is 1.88 bits per heavy atom. The second-order valence-electron chi connectivity index (χ2n) is 5.72. The number of carbonyl (C=O) groups excluding carboxylic acids is 2. The van der Waals surface area contributed by atoms with Crippen molar-refractivity contribution in [2.24, 2.45) is 0 Å². The van der Waals surface area contributed by atoms with Crippen molar-refractivity contribution >= 4 is 17.5 Å². The van der Waals surface area contributed by atoms with E-state index in [-0.39, 0.29) is 18.2 Å². The first-order chi connectivity index (χ1) is 11.7. The van der Waals surface area contributed by atoms with Crippen LogP contribution in [0.15, 0.2) is 54.6 Å². The normalized spacial score (nSPS) is 17.0. The third kappa shape index (κ3) is 3.40. The molecule has 1 heterocycles. The van der Waals surface area contributed by atoms with Crippen LogP contribution < -0.4 is 15.0 Å². The summed E-state index contributed by atoms with van der Waals surface area (Å²) in [5, 5.41) is 2.84. The fourth-order valence-corrected chi connectivity index (χ4v) is 2.95. The number of hydrogen-bond acceptors (Lipinski definition) is 3. The van der Waals surface area contributed by atoms with E-state index in [0.717, 1.165) is 11.3 Å². The number of carbonyl (C=O) groups is 2. The number of hydrogen-bond donors (Lipinski definition) is 1. The van der Waals surface area contributed by atoms with Crippen LogP contribution in [0.1, 0.15) is 12.0 Å². The lowest BCUT2D eigenvalue weighted by atomic mass is 10.1. The van der Waals surface area contributed by atoms with Crippen molar-refractivity contribution < 1.29 is 14.3 Å². The van der Waals surface area contributed by atoms with Gasteiger partial charge in [0.1, 0.15) is 11.8 Å². The van der Waals surface area contributed by atoms with Gasteiger partial charge in [0.05, 0.1) is 13.5 Å². The van der Waals surface area contributed by atoms with E-state index in [0.29, 0.717) is 18.7 Å². The maximum absolute atomic E-state index is 12.5. The van der Waals surface area contributed by atoms with Crippen LogP contribution in [0.25, 0.3) is 0 Å². The standard InChI is InChI=1S/C19H20N2O3/c1-24-17-10-6-5-7-14(17)13-18(22)20-16-11-12-21(19(16)23)15-8-3-2-4-9-15/h2-10,16H,11-13H2,1H3,(H,20,22)/t16-/m0/s1. The summed E-state index contributed by atoms with van der Waals surface area (Å²) in [6, 6.07) is 16.4. The van der Waals surface area contributed by atoms with Gasteiger partial charge < -0.3 is 15.0 Å². The lowest BCUT2D eigenvalue weighted by Crippen LogP contribution is -2.42. The molecule has 1 aliphatic heterocycles. The van der Waals surface area contributed by atoms with E-state index in [9.17, 15) is 9.59 Å².